The van der Waals surface area contributed by atoms with Crippen molar-refractivity contribution in [3.63, 3.8) is 0 Å². The highest BCUT2D eigenvalue weighted by Gasteiger charge is 2.21. The van der Waals surface area contributed by atoms with Gasteiger partial charge in [0.05, 0.1) is 12.8 Å². The molecule has 154 valence electrons. The van der Waals surface area contributed by atoms with E-state index in [1.165, 1.54) is 0 Å². The second kappa shape index (κ2) is 13.2. The van der Waals surface area contributed by atoms with Gasteiger partial charge in [-0.15, -0.1) is 0 Å². The Morgan fingerprint density at radius 1 is 0.615 bits per heavy atom. The quantitative estimate of drug-likeness (QED) is 0.275. The molecule has 4 heteroatoms. The van der Waals surface area contributed by atoms with Crippen LogP contribution in [0.3, 0.4) is 0 Å². The van der Waals surface area contributed by atoms with E-state index in [0.29, 0.717) is 12.8 Å². The van der Waals surface area contributed by atoms with Gasteiger partial charge in [0.1, 0.15) is 0 Å². The van der Waals surface area contributed by atoms with E-state index in [1.807, 2.05) is 0 Å². The Labute approximate surface area is 177 Å². The zero-order chi connectivity index (χ0) is 30.1. The average Bonchev–Trinajstić information content (AvgIpc) is 2.68. The van der Waals surface area contributed by atoms with E-state index in [9.17, 15) is 9.59 Å². The molecule has 0 amide bonds. The molecule has 0 aliphatic carbocycles. The molecule has 0 heterocycles. The van der Waals surface area contributed by atoms with E-state index < -0.39 is 63.0 Å². The van der Waals surface area contributed by atoms with Crippen molar-refractivity contribution in [3.05, 3.63) is 0 Å². The first-order valence-electron chi connectivity index (χ1n) is 15.5. The minimum atomic E-state index is -2.93. The molecule has 0 bridgehead atoms. The predicted octanol–water partition coefficient (Wildman–Crippen LogP) is 6.67. The monoisotopic (exact) mass is 382 g/mol. The lowest BCUT2D eigenvalue weighted by Crippen LogP contribution is -2.16. The van der Waals surface area contributed by atoms with Crippen molar-refractivity contribution < 1.29 is 36.3 Å². The molecule has 0 aromatic carbocycles. The number of unbranched alkanes of at least 4 members (excludes halogenated alkanes) is 9. The molecule has 0 radical (unpaired) electrons. The number of carboxylic acids is 2. The van der Waals surface area contributed by atoms with Gasteiger partial charge in [-0.25, -0.2) is 0 Å². The number of hydrogen-bond donors (Lipinski definition) is 2. The minimum Gasteiger partial charge on any atom is -0.481 e. The molecule has 0 atom stereocenters. The van der Waals surface area contributed by atoms with Crippen LogP contribution in [0, 0.1) is 10.8 Å². The third kappa shape index (κ3) is 16.4. The standard InChI is InChI=1S/C22H42O4/c1-21(2,17-19(23)24)15-13-11-9-7-5-6-8-10-12-14-16-22(3,4)18-20(25)26/h5-18H2,1-4H3,(H,23,24)(H,25,26)/i1D3,2D3,3D3,4D3. The van der Waals surface area contributed by atoms with Crippen LogP contribution in [-0.2, 0) is 9.59 Å². The van der Waals surface area contributed by atoms with Crippen molar-refractivity contribution in [1.82, 2.24) is 0 Å². The molecule has 0 aromatic rings. The first-order valence-corrected chi connectivity index (χ1v) is 9.48. The number of carboxylic acid groups (broad SMARTS) is 2. The van der Waals surface area contributed by atoms with Gasteiger partial charge < -0.3 is 10.2 Å². The fourth-order valence-electron chi connectivity index (χ4n) is 2.96. The molecular formula is C22H42O4. The van der Waals surface area contributed by atoms with Crippen LogP contribution in [0.15, 0.2) is 0 Å². The van der Waals surface area contributed by atoms with Crippen molar-refractivity contribution in [2.24, 2.45) is 10.8 Å². The molecule has 0 fully saturated rings. The summed E-state index contributed by atoms with van der Waals surface area (Å²) in [6, 6.07) is 0. The van der Waals surface area contributed by atoms with Crippen molar-refractivity contribution in [3.8, 4) is 0 Å². The van der Waals surface area contributed by atoms with Gasteiger partial charge in [0, 0.05) is 16.4 Å². The molecular weight excluding hydrogens is 328 g/mol. The molecule has 2 N–H and O–H groups in total. The van der Waals surface area contributed by atoms with Gasteiger partial charge in [-0.05, 0) is 23.7 Å². The van der Waals surface area contributed by atoms with Crippen LogP contribution in [0.1, 0.15) is 134 Å². The predicted molar refractivity (Wildman–Crippen MR) is 107 cm³/mol. The largest absolute Gasteiger partial charge is 0.481 e. The van der Waals surface area contributed by atoms with Crippen molar-refractivity contribution in [2.75, 3.05) is 0 Å². The zero-order valence-electron chi connectivity index (χ0n) is 27.6. The second-order valence-corrected chi connectivity index (χ2v) is 7.34. The highest BCUT2D eigenvalue weighted by molar-refractivity contribution is 5.67. The molecule has 26 heavy (non-hydrogen) atoms. The van der Waals surface area contributed by atoms with Crippen molar-refractivity contribution >= 4 is 11.9 Å². The van der Waals surface area contributed by atoms with Gasteiger partial charge in [-0.1, -0.05) is 91.6 Å². The topological polar surface area (TPSA) is 74.6 Å². The third-order valence-corrected chi connectivity index (χ3v) is 4.36. The highest BCUT2D eigenvalue weighted by Crippen LogP contribution is 2.29. The lowest BCUT2D eigenvalue weighted by atomic mass is 9.83. The molecule has 4 nitrogen and oxygen atoms in total. The van der Waals surface area contributed by atoms with Crippen LogP contribution in [0.25, 0.3) is 0 Å². The van der Waals surface area contributed by atoms with Crippen LogP contribution in [-0.4, -0.2) is 22.2 Å². The smallest absolute Gasteiger partial charge is 0.303 e. The fourth-order valence-corrected chi connectivity index (χ4v) is 2.96. The average molecular weight is 383 g/mol. The highest BCUT2D eigenvalue weighted by atomic mass is 16.4. The van der Waals surface area contributed by atoms with Gasteiger partial charge in [0.25, 0.3) is 0 Å². The number of rotatable bonds is 17. The maximum Gasteiger partial charge on any atom is 0.303 e. The number of aliphatic carboxylic acids is 2. The molecule has 0 aliphatic rings. The molecule has 0 saturated heterocycles. The summed E-state index contributed by atoms with van der Waals surface area (Å²) in [7, 11) is 0. The fraction of sp³-hybridized carbons (Fsp3) is 0.909. The summed E-state index contributed by atoms with van der Waals surface area (Å²) in [4.78, 5) is 22.4. The SMILES string of the molecule is [2H]C([2H])([2H])C(CCCCCCCCCCCCC(CC(=O)O)(C([2H])([2H])[2H])C([2H])([2H])[2H])(CC(=O)O)C([2H])([2H])[2H]. The first-order chi connectivity index (χ1) is 17.0. The molecule has 0 unspecified atom stereocenters. The molecule has 0 saturated carbocycles. The van der Waals surface area contributed by atoms with Crippen LogP contribution in [0.2, 0.25) is 0 Å². The lowest BCUT2D eigenvalue weighted by Gasteiger charge is -2.22. The second-order valence-electron chi connectivity index (χ2n) is 7.34. The van der Waals surface area contributed by atoms with Gasteiger partial charge in [-0.3, -0.25) is 9.59 Å². The van der Waals surface area contributed by atoms with Gasteiger partial charge >= 0.3 is 11.9 Å². The first kappa shape index (κ1) is 11.1. The van der Waals surface area contributed by atoms with Crippen LogP contribution in [0.4, 0.5) is 0 Å². The molecule has 0 rings (SSSR count). The van der Waals surface area contributed by atoms with Crippen LogP contribution >= 0.6 is 0 Å². The van der Waals surface area contributed by atoms with E-state index in [2.05, 4.69) is 0 Å². The van der Waals surface area contributed by atoms with Gasteiger partial charge in [0.15, 0.2) is 0 Å². The van der Waals surface area contributed by atoms with E-state index in [0.717, 1.165) is 38.5 Å². The minimum absolute atomic E-state index is 0.234. The summed E-state index contributed by atoms with van der Waals surface area (Å²) < 4.78 is 92.2. The van der Waals surface area contributed by atoms with E-state index in [1.54, 1.807) is 0 Å². The Bertz CT molecular complexity index is 649. The van der Waals surface area contributed by atoms with Crippen LogP contribution < -0.4 is 0 Å². The van der Waals surface area contributed by atoms with E-state index in [-0.39, 0.29) is 25.7 Å². The normalized spacial score (nSPS) is 21.1. The van der Waals surface area contributed by atoms with Gasteiger partial charge in [0.2, 0.25) is 0 Å². The molecule has 0 aliphatic heterocycles. The van der Waals surface area contributed by atoms with E-state index in [4.69, 9.17) is 26.7 Å². The number of hydrogen-bond acceptors (Lipinski definition) is 2. The van der Waals surface area contributed by atoms with Crippen molar-refractivity contribution in [1.29, 1.82) is 0 Å². The van der Waals surface area contributed by atoms with Gasteiger partial charge in [-0.2, -0.15) is 0 Å². The third-order valence-electron chi connectivity index (χ3n) is 4.36. The summed E-state index contributed by atoms with van der Waals surface area (Å²) in [5.41, 5.74) is -4.57. The zero-order valence-corrected chi connectivity index (χ0v) is 15.6. The molecule has 0 aromatic heterocycles. The van der Waals surface area contributed by atoms with E-state index >= 15 is 0 Å². The maximum absolute atomic E-state index is 11.2. The number of carbonyl (C=O) groups is 2. The summed E-state index contributed by atoms with van der Waals surface area (Å²) in [5, 5.41) is 18.2. The Balaban J connectivity index is 4.48. The Kier molecular flexibility index (Phi) is 5.60. The molecule has 0 spiro atoms. The maximum atomic E-state index is 11.2. The Morgan fingerprint density at radius 2 is 0.885 bits per heavy atom. The summed E-state index contributed by atoms with van der Waals surface area (Å²) in [6.07, 6.45) is 4.22. The Hall–Kier alpha value is -1.06. The van der Waals surface area contributed by atoms with Crippen molar-refractivity contribution in [2.45, 2.75) is 117 Å². The van der Waals surface area contributed by atoms with Crippen LogP contribution in [0.5, 0.6) is 0 Å². The lowest BCUT2D eigenvalue weighted by molar-refractivity contribution is -0.140. The summed E-state index contributed by atoms with van der Waals surface area (Å²) in [5.74, 6) is -2.91. The Morgan fingerprint density at radius 3 is 1.12 bits per heavy atom. The summed E-state index contributed by atoms with van der Waals surface area (Å²) in [6.45, 7) is -11.7. The summed E-state index contributed by atoms with van der Waals surface area (Å²) >= 11 is 0.